The highest BCUT2D eigenvalue weighted by atomic mass is 16.5. The number of carbonyl (C=O) groups excluding carboxylic acids is 2. The quantitative estimate of drug-likeness (QED) is 0.496. The Bertz CT molecular complexity index is 1030. The second kappa shape index (κ2) is 8.56. The Balaban J connectivity index is 1.69. The molecule has 3 aromatic rings. The first kappa shape index (κ1) is 19.4. The molecule has 1 N–H and O–H groups in total. The van der Waals surface area contributed by atoms with Gasteiger partial charge in [0.1, 0.15) is 6.04 Å². The predicted octanol–water partition coefficient (Wildman–Crippen LogP) is 3.75. The molecule has 7 heteroatoms. The van der Waals surface area contributed by atoms with Crippen LogP contribution in [0.25, 0.3) is 11.1 Å². The molecule has 3 rings (SSSR count). The molecule has 0 radical (unpaired) electrons. The van der Waals surface area contributed by atoms with Crippen LogP contribution in [0.5, 0.6) is 0 Å². The highest BCUT2D eigenvalue weighted by Gasteiger charge is 2.21. The Morgan fingerprint density at radius 1 is 1.14 bits per heavy atom. The fourth-order valence-corrected chi connectivity index (χ4v) is 2.80. The maximum atomic E-state index is 12.6. The minimum absolute atomic E-state index is 0.369. The topological polar surface area (TPSA) is 90.5 Å². The third-order valence-corrected chi connectivity index (χ3v) is 4.40. The molecule has 0 aliphatic heterocycles. The molecule has 1 aromatic heterocycles. The van der Waals surface area contributed by atoms with Gasteiger partial charge in [-0.05, 0) is 49.7 Å². The molecule has 0 fully saturated rings. The van der Waals surface area contributed by atoms with E-state index in [0.717, 1.165) is 12.8 Å². The lowest BCUT2D eigenvalue weighted by Gasteiger charge is -2.13. The van der Waals surface area contributed by atoms with Crippen molar-refractivity contribution >= 4 is 28.7 Å². The third kappa shape index (κ3) is 4.14. The molecular weight excluding hydrogens is 360 g/mol. The lowest BCUT2D eigenvalue weighted by Crippen LogP contribution is -2.29. The van der Waals surface area contributed by atoms with E-state index < -0.39 is 17.8 Å². The molecule has 1 amide bonds. The summed E-state index contributed by atoms with van der Waals surface area (Å²) < 4.78 is 11.6. The largest absolute Gasteiger partial charge is 0.462 e. The van der Waals surface area contributed by atoms with Gasteiger partial charge in [-0.1, -0.05) is 25.5 Å². The Morgan fingerprint density at radius 3 is 2.57 bits per heavy atom. The van der Waals surface area contributed by atoms with E-state index in [2.05, 4.69) is 5.32 Å². The second-order valence-electron chi connectivity index (χ2n) is 6.44. The third-order valence-electron chi connectivity index (χ3n) is 4.40. The van der Waals surface area contributed by atoms with E-state index in [1.807, 2.05) is 6.92 Å². The maximum Gasteiger partial charge on any atom is 0.420 e. The first-order valence-electron chi connectivity index (χ1n) is 9.19. The number of rotatable bonds is 7. The zero-order valence-corrected chi connectivity index (χ0v) is 15.8. The van der Waals surface area contributed by atoms with Crippen LogP contribution in [0, 0.1) is 0 Å². The molecule has 0 aliphatic rings. The number of nitrogens with zero attached hydrogens (tertiary/aromatic N) is 1. The van der Waals surface area contributed by atoms with Crippen molar-refractivity contribution in [2.24, 2.45) is 0 Å². The van der Waals surface area contributed by atoms with Gasteiger partial charge >= 0.3 is 11.7 Å². The summed E-state index contributed by atoms with van der Waals surface area (Å²) in [6, 6.07) is 12.6. The first-order valence-corrected chi connectivity index (χ1v) is 9.19. The zero-order valence-electron chi connectivity index (χ0n) is 15.8. The first-order chi connectivity index (χ1) is 13.5. The van der Waals surface area contributed by atoms with Crippen LogP contribution in [0.3, 0.4) is 0 Å². The molecule has 0 aliphatic carbocycles. The van der Waals surface area contributed by atoms with Crippen molar-refractivity contribution < 1.29 is 18.7 Å². The number of para-hydroxylation sites is 2. The van der Waals surface area contributed by atoms with Crippen LogP contribution < -0.4 is 11.1 Å². The van der Waals surface area contributed by atoms with Crippen LogP contribution in [0.15, 0.2) is 57.7 Å². The summed E-state index contributed by atoms with van der Waals surface area (Å²) in [5.41, 5.74) is 1.92. The smallest absolute Gasteiger partial charge is 0.420 e. The van der Waals surface area contributed by atoms with Crippen LogP contribution in [0.1, 0.15) is 43.1 Å². The molecular formula is C21H22N2O5. The average molecular weight is 382 g/mol. The van der Waals surface area contributed by atoms with E-state index >= 15 is 0 Å². The molecule has 28 heavy (non-hydrogen) atoms. The molecule has 0 bridgehead atoms. The Hall–Kier alpha value is -3.35. The summed E-state index contributed by atoms with van der Waals surface area (Å²) in [6.45, 7) is 4.03. The van der Waals surface area contributed by atoms with Gasteiger partial charge in [-0.15, -0.1) is 0 Å². The van der Waals surface area contributed by atoms with Gasteiger partial charge in [-0.3, -0.25) is 9.36 Å². The van der Waals surface area contributed by atoms with Crippen molar-refractivity contribution in [3.8, 4) is 0 Å². The average Bonchev–Trinajstić information content (AvgIpc) is 3.03. The van der Waals surface area contributed by atoms with Crippen LogP contribution in [0.2, 0.25) is 0 Å². The number of aromatic nitrogens is 1. The summed E-state index contributed by atoms with van der Waals surface area (Å²) in [5.74, 6) is -1.35. The maximum absolute atomic E-state index is 12.6. The van der Waals surface area contributed by atoms with Gasteiger partial charge in [-0.2, -0.15) is 0 Å². The number of anilines is 1. The fourth-order valence-electron chi connectivity index (χ4n) is 2.80. The number of carbonyl (C=O) groups is 2. The van der Waals surface area contributed by atoms with Crippen molar-refractivity contribution in [3.63, 3.8) is 0 Å². The lowest BCUT2D eigenvalue weighted by molar-refractivity contribution is -0.118. The Morgan fingerprint density at radius 2 is 1.86 bits per heavy atom. The minimum Gasteiger partial charge on any atom is -0.462 e. The summed E-state index contributed by atoms with van der Waals surface area (Å²) in [6.07, 6.45) is 1.77. The summed E-state index contributed by atoms with van der Waals surface area (Å²) >= 11 is 0. The number of benzene rings is 2. The lowest BCUT2D eigenvalue weighted by atomic mass is 10.2. The van der Waals surface area contributed by atoms with Crippen molar-refractivity contribution in [2.45, 2.75) is 32.7 Å². The number of esters is 1. The van der Waals surface area contributed by atoms with Crippen molar-refractivity contribution in [1.29, 1.82) is 0 Å². The Kier molecular flexibility index (Phi) is 5.93. The van der Waals surface area contributed by atoms with E-state index in [1.54, 1.807) is 55.5 Å². The molecule has 1 heterocycles. The van der Waals surface area contributed by atoms with Gasteiger partial charge in [0.2, 0.25) is 5.91 Å². The van der Waals surface area contributed by atoms with Gasteiger partial charge in [-0.25, -0.2) is 9.59 Å². The van der Waals surface area contributed by atoms with Crippen LogP contribution in [-0.4, -0.2) is 23.1 Å². The van der Waals surface area contributed by atoms with E-state index in [0.29, 0.717) is 29.0 Å². The molecule has 0 spiro atoms. The number of amides is 1. The molecule has 2 aromatic carbocycles. The number of hydrogen-bond donors (Lipinski definition) is 1. The minimum atomic E-state index is -0.769. The number of fused-ring (bicyclic) bond motifs is 1. The van der Waals surface area contributed by atoms with Crippen LogP contribution >= 0.6 is 0 Å². The number of unbranched alkanes of at least 4 members (excludes halogenated alkanes) is 1. The van der Waals surface area contributed by atoms with Gasteiger partial charge in [0, 0.05) is 5.69 Å². The number of ether oxygens (including phenoxy) is 1. The van der Waals surface area contributed by atoms with Gasteiger partial charge in [0.15, 0.2) is 5.58 Å². The Labute approximate surface area is 161 Å². The normalized spacial score (nSPS) is 11.9. The van der Waals surface area contributed by atoms with Gasteiger partial charge in [0.05, 0.1) is 17.7 Å². The predicted molar refractivity (Wildman–Crippen MR) is 105 cm³/mol. The molecule has 146 valence electrons. The summed E-state index contributed by atoms with van der Waals surface area (Å²) in [4.78, 5) is 36.6. The van der Waals surface area contributed by atoms with Crippen molar-refractivity contribution in [3.05, 3.63) is 64.6 Å². The molecule has 1 unspecified atom stereocenters. The highest BCUT2D eigenvalue weighted by Crippen LogP contribution is 2.18. The molecule has 1 atom stereocenters. The zero-order chi connectivity index (χ0) is 20.1. The van der Waals surface area contributed by atoms with Crippen LogP contribution in [-0.2, 0) is 9.53 Å². The standard InChI is InChI=1S/C21H22N2O5/c1-3-4-13-27-20(25)15-9-11-16(12-10-15)22-19(24)14(2)23-17-7-5-6-8-18(17)28-21(23)26/h5-12,14H,3-4,13H2,1-2H3,(H,22,24). The number of hydrogen-bond acceptors (Lipinski definition) is 5. The van der Waals surface area contributed by atoms with Crippen LogP contribution in [0.4, 0.5) is 5.69 Å². The van der Waals surface area contributed by atoms with Crippen molar-refractivity contribution in [2.75, 3.05) is 11.9 Å². The number of nitrogens with one attached hydrogen (secondary N) is 1. The van der Waals surface area contributed by atoms with E-state index in [-0.39, 0.29) is 5.91 Å². The monoisotopic (exact) mass is 382 g/mol. The van der Waals surface area contributed by atoms with E-state index in [1.165, 1.54) is 4.57 Å². The van der Waals surface area contributed by atoms with Gasteiger partial charge < -0.3 is 14.5 Å². The molecule has 0 saturated heterocycles. The second-order valence-corrected chi connectivity index (χ2v) is 6.44. The SMILES string of the molecule is CCCCOC(=O)c1ccc(NC(=O)C(C)n2c(=O)oc3ccccc32)cc1. The molecule has 0 saturated carbocycles. The molecule has 7 nitrogen and oxygen atoms in total. The van der Waals surface area contributed by atoms with Crippen molar-refractivity contribution in [1.82, 2.24) is 4.57 Å². The summed E-state index contributed by atoms with van der Waals surface area (Å²) in [5, 5.41) is 2.75. The van der Waals surface area contributed by atoms with E-state index in [9.17, 15) is 14.4 Å². The summed E-state index contributed by atoms with van der Waals surface area (Å²) in [7, 11) is 0. The highest BCUT2D eigenvalue weighted by molar-refractivity contribution is 5.95. The fraction of sp³-hybridized carbons (Fsp3) is 0.286. The number of oxazole rings is 1. The van der Waals surface area contributed by atoms with Gasteiger partial charge in [0.25, 0.3) is 0 Å². The van der Waals surface area contributed by atoms with E-state index in [4.69, 9.17) is 9.15 Å².